The monoisotopic (exact) mass is 671 g/mol. The Morgan fingerprint density at radius 2 is 1.54 bits per heavy atom. The molecule has 1 saturated carbocycles. The molecule has 46 heavy (non-hydrogen) atoms. The van der Waals surface area contributed by atoms with Crippen LogP contribution in [0.2, 0.25) is 0 Å². The number of nitrogens with one attached hydrogen (secondary N) is 4. The maximum Gasteiger partial charge on any atom is 0.490 e. The van der Waals surface area contributed by atoms with Gasteiger partial charge in [-0.05, 0) is 31.9 Å². The number of benzene rings is 1. The zero-order valence-corrected chi connectivity index (χ0v) is 24.1. The Bertz CT molecular complexity index is 1380. The molecule has 1 heterocycles. The highest BCUT2D eigenvalue weighted by Crippen LogP contribution is 2.27. The highest BCUT2D eigenvalue weighted by molar-refractivity contribution is 5.98. The summed E-state index contributed by atoms with van der Waals surface area (Å²) < 4.78 is 68.1. The fraction of sp³-hybridized carbons (Fsp3) is 0.480. The van der Waals surface area contributed by atoms with Gasteiger partial charge in [0.2, 0.25) is 5.82 Å². The highest BCUT2D eigenvalue weighted by Gasteiger charge is 2.39. The molecule has 2 aromatic rings. The Balaban J connectivity index is 0.000000629. The molecule has 3 atom stereocenters. The van der Waals surface area contributed by atoms with E-state index in [1.165, 1.54) is 7.11 Å². The van der Waals surface area contributed by atoms with Crippen LogP contribution in [0.4, 0.5) is 32.2 Å². The second kappa shape index (κ2) is 16.9. The molecule has 21 heteroatoms. The number of hydrogen-bond acceptors (Lipinski definition) is 10. The number of alkyl halides is 6. The second-order valence-electron chi connectivity index (χ2n) is 9.45. The van der Waals surface area contributed by atoms with Crippen molar-refractivity contribution < 1.29 is 65.6 Å². The van der Waals surface area contributed by atoms with Crippen LogP contribution in [0.25, 0.3) is 10.9 Å². The van der Waals surface area contributed by atoms with Crippen LogP contribution in [-0.4, -0.2) is 99.3 Å². The van der Waals surface area contributed by atoms with E-state index >= 15 is 0 Å². The SMILES string of the molecule is COC(=O)C(CO)NC(=O)c1nc(NC2CCCCC2NC(=N)N)c2cc(C)ccc2n1.O=C(O)C(F)(F)F.O=C(O)C(F)(F)F. The van der Waals surface area contributed by atoms with Gasteiger partial charge >= 0.3 is 30.3 Å². The summed E-state index contributed by atoms with van der Waals surface area (Å²) in [7, 11) is 1.17. The number of anilines is 1. The summed E-state index contributed by atoms with van der Waals surface area (Å²) in [5.41, 5.74) is 7.12. The number of hydrogen-bond donors (Lipinski definition) is 8. The van der Waals surface area contributed by atoms with Crippen LogP contribution in [-0.2, 0) is 19.1 Å². The minimum Gasteiger partial charge on any atom is -0.475 e. The van der Waals surface area contributed by atoms with Crippen molar-refractivity contribution in [1.29, 1.82) is 5.41 Å². The van der Waals surface area contributed by atoms with Gasteiger partial charge in [0.15, 0.2) is 12.0 Å². The predicted octanol–water partition coefficient (Wildman–Crippen LogP) is 1.67. The van der Waals surface area contributed by atoms with Gasteiger partial charge in [0.05, 0.1) is 19.2 Å². The van der Waals surface area contributed by atoms with Crippen LogP contribution in [0, 0.1) is 12.3 Å². The number of rotatable bonds is 7. The van der Waals surface area contributed by atoms with Gasteiger partial charge in [-0.3, -0.25) is 10.2 Å². The van der Waals surface area contributed by atoms with Crippen molar-refractivity contribution in [2.75, 3.05) is 19.0 Å². The third-order valence-corrected chi connectivity index (χ3v) is 5.94. The van der Waals surface area contributed by atoms with E-state index in [2.05, 4.69) is 30.7 Å². The first kappa shape index (κ1) is 39.1. The maximum absolute atomic E-state index is 12.8. The number of aliphatic carboxylic acids is 2. The van der Waals surface area contributed by atoms with Gasteiger partial charge < -0.3 is 41.7 Å². The Labute approximate surface area is 256 Å². The number of halogens is 6. The first-order chi connectivity index (χ1) is 21.2. The van der Waals surface area contributed by atoms with Crippen LogP contribution in [0.1, 0.15) is 41.9 Å². The molecule has 0 radical (unpaired) electrons. The first-order valence-corrected chi connectivity index (χ1v) is 13.0. The number of aromatic nitrogens is 2. The maximum atomic E-state index is 12.8. The summed E-state index contributed by atoms with van der Waals surface area (Å²) in [6.45, 7) is 1.34. The molecule has 0 spiro atoms. The molecule has 1 fully saturated rings. The van der Waals surface area contributed by atoms with Crippen LogP contribution in [0.3, 0.4) is 0 Å². The van der Waals surface area contributed by atoms with Gasteiger partial charge in [-0.1, -0.05) is 24.5 Å². The number of aliphatic hydroxyl groups is 1. The van der Waals surface area contributed by atoms with E-state index in [0.717, 1.165) is 36.6 Å². The van der Waals surface area contributed by atoms with Crippen molar-refractivity contribution in [3.63, 3.8) is 0 Å². The van der Waals surface area contributed by atoms with Crippen LogP contribution in [0.5, 0.6) is 0 Å². The quantitative estimate of drug-likeness (QED) is 0.0904. The molecule has 3 unspecified atom stereocenters. The number of guanidine groups is 1. The van der Waals surface area contributed by atoms with Gasteiger partial charge in [0.1, 0.15) is 5.82 Å². The largest absolute Gasteiger partial charge is 0.490 e. The number of carboxylic acid groups (broad SMARTS) is 2. The van der Waals surface area contributed by atoms with Crippen LogP contribution < -0.4 is 21.7 Å². The lowest BCUT2D eigenvalue weighted by molar-refractivity contribution is -0.193. The number of carboxylic acids is 2. The summed E-state index contributed by atoms with van der Waals surface area (Å²) in [6.07, 6.45) is -6.43. The number of fused-ring (bicyclic) bond motifs is 1. The number of aryl methyl sites for hydroxylation is 1. The predicted molar refractivity (Wildman–Crippen MR) is 147 cm³/mol. The van der Waals surface area contributed by atoms with Crippen LogP contribution >= 0.6 is 0 Å². The number of amides is 1. The zero-order chi connectivity index (χ0) is 35.4. The first-order valence-electron chi connectivity index (χ1n) is 13.0. The van der Waals surface area contributed by atoms with E-state index in [-0.39, 0.29) is 23.9 Å². The normalized spacial score (nSPS) is 16.7. The number of methoxy groups -OCH3 is 1. The lowest BCUT2D eigenvalue weighted by Gasteiger charge is -2.33. The Morgan fingerprint density at radius 3 is 2.00 bits per heavy atom. The Hall–Kier alpha value is -4.95. The van der Waals surface area contributed by atoms with E-state index in [1.807, 2.05) is 19.1 Å². The molecule has 0 bridgehead atoms. The minimum absolute atomic E-state index is 0.0496. The average molecular weight is 672 g/mol. The van der Waals surface area contributed by atoms with Gasteiger partial charge in [-0.15, -0.1) is 0 Å². The third-order valence-electron chi connectivity index (χ3n) is 5.94. The van der Waals surface area contributed by atoms with Crippen molar-refractivity contribution in [2.24, 2.45) is 5.73 Å². The van der Waals surface area contributed by atoms with E-state index in [0.29, 0.717) is 11.3 Å². The fourth-order valence-corrected chi connectivity index (χ4v) is 3.85. The number of esters is 1. The number of aliphatic hydroxyl groups excluding tert-OH is 1. The van der Waals surface area contributed by atoms with E-state index in [4.69, 9.17) is 30.9 Å². The van der Waals surface area contributed by atoms with Crippen molar-refractivity contribution >= 4 is 46.5 Å². The number of nitrogens with zero attached hydrogens (tertiary/aromatic N) is 2. The topological polar surface area (TPSA) is 250 Å². The molecular formula is C25H31F6N7O8. The van der Waals surface area contributed by atoms with Gasteiger partial charge in [-0.2, -0.15) is 26.3 Å². The van der Waals surface area contributed by atoms with Crippen molar-refractivity contribution in [2.45, 2.75) is 63.1 Å². The molecule has 256 valence electrons. The number of ether oxygens (including phenoxy) is 1. The molecule has 1 amide bonds. The third kappa shape index (κ3) is 12.6. The number of nitrogens with two attached hydrogens (primary N) is 1. The molecule has 0 saturated heterocycles. The number of carbonyl (C=O) groups is 4. The van der Waals surface area contributed by atoms with E-state index in [9.17, 15) is 41.0 Å². The van der Waals surface area contributed by atoms with Crippen LogP contribution in [0.15, 0.2) is 18.2 Å². The Kier molecular flexibility index (Phi) is 14.4. The van der Waals surface area contributed by atoms with E-state index in [1.54, 1.807) is 6.07 Å². The van der Waals surface area contributed by atoms with Crippen molar-refractivity contribution in [3.05, 3.63) is 29.6 Å². The molecular weight excluding hydrogens is 640 g/mol. The summed E-state index contributed by atoms with van der Waals surface area (Å²) in [4.78, 5) is 51.1. The van der Waals surface area contributed by atoms with Gasteiger partial charge in [0, 0.05) is 17.5 Å². The van der Waals surface area contributed by atoms with Crippen molar-refractivity contribution in [1.82, 2.24) is 20.6 Å². The van der Waals surface area contributed by atoms with Crippen molar-refractivity contribution in [3.8, 4) is 0 Å². The molecule has 0 aliphatic heterocycles. The van der Waals surface area contributed by atoms with E-state index < -0.39 is 48.8 Å². The summed E-state index contributed by atoms with van der Waals surface area (Å²) in [5.74, 6) is -6.74. The minimum atomic E-state index is -5.08. The van der Waals surface area contributed by atoms with Gasteiger partial charge in [0.25, 0.3) is 5.91 Å². The second-order valence-corrected chi connectivity index (χ2v) is 9.45. The molecule has 15 nitrogen and oxygen atoms in total. The fourth-order valence-electron chi connectivity index (χ4n) is 3.85. The number of carbonyl (C=O) groups excluding carboxylic acids is 2. The molecule has 9 N–H and O–H groups in total. The lowest BCUT2D eigenvalue weighted by Crippen LogP contribution is -2.50. The van der Waals surface area contributed by atoms with Gasteiger partial charge in [-0.25, -0.2) is 24.4 Å². The standard InChI is InChI=1S/C21H29N7O4.2C2HF3O2/c1-11-7-8-13-12(9-11)17(25-14-5-3-4-6-15(14)27-21(22)23)28-18(24-13)19(30)26-16(10-29)20(31)32-2;2*3-2(4,5)1(6)7/h7-9,14-16,29H,3-6,10H2,1-2H3,(H,26,30)(H4,22,23,27)(H,24,25,28);2*(H,6,7). The molecule has 1 aromatic heterocycles. The molecule has 3 rings (SSSR count). The summed E-state index contributed by atoms with van der Waals surface area (Å²) >= 11 is 0. The summed E-state index contributed by atoms with van der Waals surface area (Å²) in [5, 5.41) is 40.8. The summed E-state index contributed by atoms with van der Waals surface area (Å²) in [6, 6.07) is 4.29. The lowest BCUT2D eigenvalue weighted by atomic mass is 9.90. The Morgan fingerprint density at radius 1 is 1.02 bits per heavy atom. The molecule has 1 aliphatic rings. The average Bonchev–Trinajstić information content (AvgIpc) is 2.95. The highest BCUT2D eigenvalue weighted by atomic mass is 19.4. The molecule has 1 aliphatic carbocycles. The smallest absolute Gasteiger partial charge is 0.475 e. The molecule has 1 aromatic carbocycles. The zero-order valence-electron chi connectivity index (χ0n) is 24.1.